The zero-order valence-electron chi connectivity index (χ0n) is 13.4. The molecule has 20 heavy (non-hydrogen) atoms. The van der Waals surface area contributed by atoms with E-state index in [1.165, 1.54) is 49.0 Å². The largest absolute Gasteiger partial charge is 0.369 e. The number of anilines is 1. The van der Waals surface area contributed by atoms with Crippen LogP contribution in [0.25, 0.3) is 0 Å². The van der Waals surface area contributed by atoms with Crippen LogP contribution in [0.5, 0.6) is 0 Å². The molecule has 1 atom stereocenters. The monoisotopic (exact) mass is 274 g/mol. The van der Waals surface area contributed by atoms with Gasteiger partial charge in [0.25, 0.3) is 0 Å². The maximum atomic E-state index is 6.09. The molecule has 0 saturated heterocycles. The summed E-state index contributed by atoms with van der Waals surface area (Å²) < 4.78 is 0. The summed E-state index contributed by atoms with van der Waals surface area (Å²) in [6.07, 6.45) is 7.34. The third-order valence-electron chi connectivity index (χ3n) is 4.40. The zero-order valence-corrected chi connectivity index (χ0v) is 13.4. The summed E-state index contributed by atoms with van der Waals surface area (Å²) in [5.74, 6) is 0. The number of benzene rings is 1. The summed E-state index contributed by atoms with van der Waals surface area (Å²) in [6, 6.07) is 8.05. The van der Waals surface area contributed by atoms with Crippen molar-refractivity contribution in [1.82, 2.24) is 0 Å². The number of hydrogen-bond acceptors (Lipinski definition) is 2. The molecule has 1 aromatic rings. The number of nitrogens with zero attached hydrogens (tertiary/aromatic N) is 1. The van der Waals surface area contributed by atoms with Crippen molar-refractivity contribution in [3.8, 4) is 0 Å². The maximum Gasteiger partial charge on any atom is 0.0371 e. The van der Waals surface area contributed by atoms with Gasteiger partial charge in [-0.15, -0.1) is 0 Å². The fourth-order valence-electron chi connectivity index (χ4n) is 2.75. The molecule has 0 bridgehead atoms. The van der Waals surface area contributed by atoms with Crippen molar-refractivity contribution in [3.63, 3.8) is 0 Å². The number of unbranched alkanes of at least 4 members (excludes halogenated alkanes) is 1. The highest BCUT2D eigenvalue weighted by Gasteiger charge is 2.28. The highest BCUT2D eigenvalue weighted by atomic mass is 15.2. The first-order valence-electron chi connectivity index (χ1n) is 8.27. The molecule has 2 heteroatoms. The van der Waals surface area contributed by atoms with Crippen LogP contribution >= 0.6 is 0 Å². The van der Waals surface area contributed by atoms with Gasteiger partial charge in [0.1, 0.15) is 0 Å². The molecule has 0 radical (unpaired) electrons. The second-order valence-electron chi connectivity index (χ2n) is 6.26. The molecule has 0 spiro atoms. The van der Waals surface area contributed by atoms with Crippen molar-refractivity contribution >= 4 is 5.69 Å². The SMILES string of the molecule is CCCCN(c1ccc(CC(N)CC)c(C)c1)C1CC1. The van der Waals surface area contributed by atoms with E-state index in [-0.39, 0.29) is 0 Å². The van der Waals surface area contributed by atoms with Crippen molar-refractivity contribution in [2.75, 3.05) is 11.4 Å². The standard InChI is InChI=1S/C18H30N2/c1-4-6-11-20(17-9-10-17)18-8-7-15(14(3)12-18)13-16(19)5-2/h7-8,12,16-17H,4-6,9-11,13,19H2,1-3H3. The first-order valence-corrected chi connectivity index (χ1v) is 8.27. The lowest BCUT2D eigenvalue weighted by molar-refractivity contribution is 0.644. The van der Waals surface area contributed by atoms with Crippen molar-refractivity contribution in [3.05, 3.63) is 29.3 Å². The average molecular weight is 274 g/mol. The van der Waals surface area contributed by atoms with Crippen molar-refractivity contribution in [2.24, 2.45) is 5.73 Å². The van der Waals surface area contributed by atoms with Crippen LogP contribution in [0.2, 0.25) is 0 Å². The van der Waals surface area contributed by atoms with Gasteiger partial charge in [0, 0.05) is 24.3 Å². The molecule has 1 fully saturated rings. The smallest absolute Gasteiger partial charge is 0.0371 e. The first-order chi connectivity index (χ1) is 9.65. The van der Waals surface area contributed by atoms with E-state index >= 15 is 0 Å². The molecule has 1 saturated carbocycles. The van der Waals surface area contributed by atoms with E-state index in [1.54, 1.807) is 0 Å². The topological polar surface area (TPSA) is 29.3 Å². The van der Waals surface area contributed by atoms with Crippen LogP contribution in [0.15, 0.2) is 18.2 Å². The van der Waals surface area contributed by atoms with Gasteiger partial charge in [0.15, 0.2) is 0 Å². The summed E-state index contributed by atoms with van der Waals surface area (Å²) in [6.45, 7) is 7.86. The van der Waals surface area contributed by atoms with Crippen molar-refractivity contribution in [2.45, 2.75) is 71.4 Å². The Morgan fingerprint density at radius 2 is 2.05 bits per heavy atom. The summed E-state index contributed by atoms with van der Waals surface area (Å²) in [5, 5.41) is 0. The molecular weight excluding hydrogens is 244 g/mol. The second-order valence-corrected chi connectivity index (χ2v) is 6.26. The summed E-state index contributed by atoms with van der Waals surface area (Å²) in [4.78, 5) is 2.61. The Morgan fingerprint density at radius 3 is 2.60 bits per heavy atom. The molecule has 1 unspecified atom stereocenters. The Labute approximate surface area is 124 Å². The minimum atomic E-state index is 0.291. The van der Waals surface area contributed by atoms with Gasteiger partial charge in [-0.3, -0.25) is 0 Å². The molecule has 0 heterocycles. The van der Waals surface area contributed by atoms with Gasteiger partial charge in [-0.25, -0.2) is 0 Å². The van der Waals surface area contributed by atoms with Gasteiger partial charge >= 0.3 is 0 Å². The fourth-order valence-corrected chi connectivity index (χ4v) is 2.75. The van der Waals surface area contributed by atoms with Crippen LogP contribution in [0.4, 0.5) is 5.69 Å². The molecule has 0 aliphatic heterocycles. The van der Waals surface area contributed by atoms with E-state index in [0.717, 1.165) is 18.9 Å². The lowest BCUT2D eigenvalue weighted by Gasteiger charge is -2.25. The Kier molecular flexibility index (Phi) is 5.47. The summed E-state index contributed by atoms with van der Waals surface area (Å²) in [5.41, 5.74) is 10.3. The van der Waals surface area contributed by atoms with Gasteiger partial charge in [0.2, 0.25) is 0 Å². The van der Waals surface area contributed by atoms with E-state index < -0.39 is 0 Å². The van der Waals surface area contributed by atoms with Crippen LogP contribution < -0.4 is 10.6 Å². The fraction of sp³-hybridized carbons (Fsp3) is 0.667. The molecule has 1 aromatic carbocycles. The molecule has 2 nitrogen and oxygen atoms in total. The summed E-state index contributed by atoms with van der Waals surface area (Å²) in [7, 11) is 0. The van der Waals surface area contributed by atoms with Crippen molar-refractivity contribution in [1.29, 1.82) is 0 Å². The molecule has 1 aliphatic carbocycles. The van der Waals surface area contributed by atoms with Gasteiger partial charge in [-0.1, -0.05) is 26.3 Å². The highest BCUT2D eigenvalue weighted by Crippen LogP contribution is 2.33. The molecule has 2 rings (SSSR count). The van der Waals surface area contributed by atoms with E-state index in [4.69, 9.17) is 5.73 Å². The normalized spacial score (nSPS) is 16.2. The predicted molar refractivity (Wildman–Crippen MR) is 88.4 cm³/mol. The zero-order chi connectivity index (χ0) is 14.5. The van der Waals surface area contributed by atoms with E-state index in [1.807, 2.05) is 0 Å². The van der Waals surface area contributed by atoms with Gasteiger partial charge in [0.05, 0.1) is 0 Å². The van der Waals surface area contributed by atoms with E-state index in [2.05, 4.69) is 43.9 Å². The first kappa shape index (κ1) is 15.4. The minimum Gasteiger partial charge on any atom is -0.369 e. The minimum absolute atomic E-state index is 0.291. The molecular formula is C18H30N2. The highest BCUT2D eigenvalue weighted by molar-refractivity contribution is 5.52. The summed E-state index contributed by atoms with van der Waals surface area (Å²) >= 11 is 0. The number of rotatable bonds is 8. The van der Waals surface area contributed by atoms with Gasteiger partial charge in [-0.05, 0) is 62.3 Å². The number of aryl methyl sites for hydroxylation is 1. The molecule has 2 N–H and O–H groups in total. The Hall–Kier alpha value is -1.02. The lowest BCUT2D eigenvalue weighted by atomic mass is 9.99. The quantitative estimate of drug-likeness (QED) is 0.775. The molecule has 1 aliphatic rings. The average Bonchev–Trinajstić information content (AvgIpc) is 3.26. The third kappa shape index (κ3) is 3.99. The third-order valence-corrected chi connectivity index (χ3v) is 4.40. The Balaban J connectivity index is 2.09. The van der Waals surface area contributed by atoms with Crippen LogP contribution in [0, 0.1) is 6.92 Å². The Morgan fingerprint density at radius 1 is 1.30 bits per heavy atom. The maximum absolute atomic E-state index is 6.09. The predicted octanol–water partition coefficient (Wildman–Crippen LogP) is 4.04. The van der Waals surface area contributed by atoms with Gasteiger partial charge in [-0.2, -0.15) is 0 Å². The molecule has 112 valence electrons. The Bertz CT molecular complexity index is 423. The van der Waals surface area contributed by atoms with Crippen LogP contribution in [0.3, 0.4) is 0 Å². The number of hydrogen-bond donors (Lipinski definition) is 1. The van der Waals surface area contributed by atoms with Gasteiger partial charge < -0.3 is 10.6 Å². The number of nitrogens with two attached hydrogens (primary N) is 1. The lowest BCUT2D eigenvalue weighted by Crippen LogP contribution is -2.27. The van der Waals surface area contributed by atoms with Crippen LogP contribution in [-0.2, 0) is 6.42 Å². The second kappa shape index (κ2) is 7.12. The van der Waals surface area contributed by atoms with Crippen LogP contribution in [0.1, 0.15) is 57.1 Å². The van der Waals surface area contributed by atoms with Crippen molar-refractivity contribution < 1.29 is 0 Å². The van der Waals surface area contributed by atoms with E-state index in [9.17, 15) is 0 Å². The van der Waals surface area contributed by atoms with Crippen LogP contribution in [-0.4, -0.2) is 18.6 Å². The molecule has 0 amide bonds. The molecule has 0 aromatic heterocycles. The van der Waals surface area contributed by atoms with E-state index in [0.29, 0.717) is 6.04 Å².